The van der Waals surface area contributed by atoms with E-state index in [1.807, 2.05) is 31.2 Å². The summed E-state index contributed by atoms with van der Waals surface area (Å²) in [5.74, 6) is -0.126. The number of nitrogens with one attached hydrogen (secondary N) is 1. The lowest BCUT2D eigenvalue weighted by atomic mass is 9.66. The zero-order chi connectivity index (χ0) is 19.9. The van der Waals surface area contributed by atoms with E-state index in [-0.39, 0.29) is 24.1 Å². The van der Waals surface area contributed by atoms with Crippen molar-refractivity contribution >= 4 is 29.1 Å². The van der Waals surface area contributed by atoms with Gasteiger partial charge in [0, 0.05) is 24.5 Å². The van der Waals surface area contributed by atoms with Crippen molar-refractivity contribution < 1.29 is 14.0 Å². The number of hydrogen-bond donors (Lipinski definition) is 1. The number of halogens is 2. The van der Waals surface area contributed by atoms with Crippen LogP contribution in [0.4, 0.5) is 10.1 Å². The Morgan fingerprint density at radius 2 is 2.04 bits per heavy atom. The molecular formula is C22H22ClFN2O2. The Labute approximate surface area is 168 Å². The van der Waals surface area contributed by atoms with Crippen LogP contribution in [0.3, 0.4) is 0 Å². The van der Waals surface area contributed by atoms with Crippen LogP contribution in [0.25, 0.3) is 0 Å². The molecule has 0 aromatic heterocycles. The predicted molar refractivity (Wildman–Crippen MR) is 107 cm³/mol. The zero-order valence-electron chi connectivity index (χ0n) is 15.7. The quantitative estimate of drug-likeness (QED) is 0.777. The smallest absolute Gasteiger partial charge is 0.237 e. The molecule has 1 N–H and O–H groups in total. The van der Waals surface area contributed by atoms with Crippen molar-refractivity contribution in [2.75, 3.05) is 17.7 Å². The molecule has 0 radical (unpaired) electrons. The van der Waals surface area contributed by atoms with Gasteiger partial charge in [-0.15, -0.1) is 11.6 Å². The maximum Gasteiger partial charge on any atom is 0.237 e. The van der Waals surface area contributed by atoms with E-state index < -0.39 is 11.5 Å². The van der Waals surface area contributed by atoms with Gasteiger partial charge in [0.05, 0.1) is 6.04 Å². The van der Waals surface area contributed by atoms with Crippen LogP contribution in [-0.2, 0) is 15.0 Å². The van der Waals surface area contributed by atoms with Gasteiger partial charge in [-0.1, -0.05) is 24.3 Å². The van der Waals surface area contributed by atoms with Crippen molar-refractivity contribution in [2.24, 2.45) is 0 Å². The second kappa shape index (κ2) is 7.21. The molecule has 2 unspecified atom stereocenters. The molecule has 0 bridgehead atoms. The van der Waals surface area contributed by atoms with Crippen molar-refractivity contribution in [2.45, 2.75) is 37.6 Å². The maximum atomic E-state index is 14.2. The number of likely N-dealkylation sites (tertiary alicyclic amines) is 1. The first-order valence-corrected chi connectivity index (χ1v) is 10.0. The summed E-state index contributed by atoms with van der Waals surface area (Å²) in [6.45, 7) is 2.32. The number of para-hydroxylation sites is 1. The van der Waals surface area contributed by atoms with Gasteiger partial charge in [-0.25, -0.2) is 4.39 Å². The Morgan fingerprint density at radius 1 is 1.25 bits per heavy atom. The molecule has 4 rings (SSSR count). The first-order chi connectivity index (χ1) is 13.5. The van der Waals surface area contributed by atoms with Crippen LogP contribution in [0, 0.1) is 12.7 Å². The van der Waals surface area contributed by atoms with E-state index in [0.29, 0.717) is 30.8 Å². The number of aryl methyl sites for hydroxylation is 1. The molecule has 0 saturated carbocycles. The molecule has 146 valence electrons. The third kappa shape index (κ3) is 2.80. The summed E-state index contributed by atoms with van der Waals surface area (Å²) < 4.78 is 14.2. The summed E-state index contributed by atoms with van der Waals surface area (Å²) in [4.78, 5) is 28.0. The summed E-state index contributed by atoms with van der Waals surface area (Å²) in [6.07, 6.45) is 1.28. The molecule has 2 heterocycles. The number of rotatable bonds is 4. The van der Waals surface area contributed by atoms with Crippen LogP contribution < -0.4 is 5.32 Å². The minimum absolute atomic E-state index is 0.0263. The number of alkyl halides is 1. The summed E-state index contributed by atoms with van der Waals surface area (Å²) in [5.41, 5.74) is 2.23. The van der Waals surface area contributed by atoms with Crippen LogP contribution in [0.15, 0.2) is 42.5 Å². The van der Waals surface area contributed by atoms with Gasteiger partial charge in [0.25, 0.3) is 0 Å². The third-order valence-corrected chi connectivity index (χ3v) is 6.23. The molecule has 1 fully saturated rings. The van der Waals surface area contributed by atoms with Crippen molar-refractivity contribution in [3.05, 3.63) is 65.0 Å². The summed E-state index contributed by atoms with van der Waals surface area (Å²) in [6, 6.07) is 11.6. The van der Waals surface area contributed by atoms with Crippen LogP contribution >= 0.6 is 11.6 Å². The fraction of sp³-hybridized carbons (Fsp3) is 0.364. The lowest BCUT2D eigenvalue weighted by molar-refractivity contribution is -0.143. The number of nitrogens with zero attached hydrogens (tertiary/aromatic N) is 1. The van der Waals surface area contributed by atoms with Crippen molar-refractivity contribution in [1.82, 2.24) is 4.90 Å². The van der Waals surface area contributed by atoms with E-state index in [1.54, 1.807) is 11.0 Å². The Balaban J connectivity index is 1.95. The first-order valence-electron chi connectivity index (χ1n) is 9.51. The number of amides is 2. The highest BCUT2D eigenvalue weighted by Gasteiger charge is 2.58. The number of anilines is 1. The van der Waals surface area contributed by atoms with E-state index in [4.69, 9.17) is 11.6 Å². The van der Waals surface area contributed by atoms with Crippen LogP contribution in [-0.4, -0.2) is 29.1 Å². The van der Waals surface area contributed by atoms with Gasteiger partial charge in [0.2, 0.25) is 11.8 Å². The number of benzene rings is 2. The second-order valence-electron chi connectivity index (χ2n) is 7.50. The predicted octanol–water partition coefficient (Wildman–Crippen LogP) is 4.32. The minimum atomic E-state index is -0.935. The van der Waals surface area contributed by atoms with Crippen LogP contribution in [0.5, 0.6) is 0 Å². The lowest BCUT2D eigenvalue weighted by Gasteiger charge is -2.47. The largest absolute Gasteiger partial charge is 0.334 e. The van der Waals surface area contributed by atoms with Gasteiger partial charge in [-0.05, 0) is 54.7 Å². The number of hydrogen-bond acceptors (Lipinski definition) is 2. The van der Waals surface area contributed by atoms with Crippen LogP contribution in [0.2, 0.25) is 0 Å². The van der Waals surface area contributed by atoms with Crippen LogP contribution in [0.1, 0.15) is 42.0 Å². The fourth-order valence-electron chi connectivity index (χ4n) is 4.67. The van der Waals surface area contributed by atoms with E-state index in [9.17, 15) is 14.0 Å². The molecular weight excluding hydrogens is 379 g/mol. The molecule has 4 nitrogen and oxygen atoms in total. The van der Waals surface area contributed by atoms with Crippen molar-refractivity contribution in [1.29, 1.82) is 0 Å². The maximum absolute atomic E-state index is 14.2. The third-order valence-electron chi connectivity index (χ3n) is 5.96. The number of fused-ring (bicyclic) bond motifs is 2. The Kier molecular flexibility index (Phi) is 4.88. The fourth-order valence-corrected chi connectivity index (χ4v) is 4.79. The molecule has 2 aliphatic rings. The molecule has 2 amide bonds. The van der Waals surface area contributed by atoms with E-state index in [1.165, 1.54) is 12.1 Å². The van der Waals surface area contributed by atoms with Crippen molar-refractivity contribution in [3.8, 4) is 0 Å². The Morgan fingerprint density at radius 3 is 2.82 bits per heavy atom. The molecule has 2 atom stereocenters. The molecule has 1 spiro atoms. The molecule has 28 heavy (non-hydrogen) atoms. The van der Waals surface area contributed by atoms with Gasteiger partial charge in [-0.3, -0.25) is 9.59 Å². The number of carbonyl (C=O) groups excluding carboxylic acids is 2. The summed E-state index contributed by atoms with van der Waals surface area (Å²) >= 11 is 5.90. The summed E-state index contributed by atoms with van der Waals surface area (Å²) in [7, 11) is 0. The topological polar surface area (TPSA) is 49.4 Å². The van der Waals surface area contributed by atoms with Gasteiger partial charge in [0.15, 0.2) is 0 Å². The second-order valence-corrected chi connectivity index (χ2v) is 7.88. The van der Waals surface area contributed by atoms with Gasteiger partial charge < -0.3 is 10.2 Å². The van der Waals surface area contributed by atoms with E-state index in [0.717, 1.165) is 16.8 Å². The Bertz CT molecular complexity index is 948. The first kappa shape index (κ1) is 18.9. The van der Waals surface area contributed by atoms with Gasteiger partial charge >= 0.3 is 0 Å². The average Bonchev–Trinajstić information content (AvgIpc) is 2.96. The highest BCUT2D eigenvalue weighted by molar-refractivity contribution is 6.17. The molecule has 2 aromatic rings. The van der Waals surface area contributed by atoms with Gasteiger partial charge in [-0.2, -0.15) is 0 Å². The molecule has 2 aliphatic heterocycles. The molecule has 0 aliphatic carbocycles. The van der Waals surface area contributed by atoms with E-state index >= 15 is 0 Å². The van der Waals surface area contributed by atoms with Gasteiger partial charge in [0.1, 0.15) is 11.2 Å². The highest BCUT2D eigenvalue weighted by atomic mass is 35.5. The zero-order valence-corrected chi connectivity index (χ0v) is 16.4. The standard InChI is InChI=1S/C22H22ClFN2O2/c1-14-7-8-15(24)13-16(14)20-22(10-9-19(27)26(20)12-4-11-23)17-5-2-3-6-18(17)25-21(22)28/h2-3,5-8,13,20H,4,9-12H2,1H3,(H,25,28). The van der Waals surface area contributed by atoms with Crippen molar-refractivity contribution in [3.63, 3.8) is 0 Å². The molecule has 2 aromatic carbocycles. The number of piperidine rings is 1. The number of carbonyl (C=O) groups is 2. The normalized spacial score (nSPS) is 23.8. The Hall–Kier alpha value is -2.40. The monoisotopic (exact) mass is 400 g/mol. The van der Waals surface area contributed by atoms with E-state index in [2.05, 4.69) is 5.32 Å². The average molecular weight is 401 g/mol. The molecule has 6 heteroatoms. The molecule has 1 saturated heterocycles. The minimum Gasteiger partial charge on any atom is -0.334 e. The lowest BCUT2D eigenvalue weighted by Crippen LogP contribution is -2.55. The highest BCUT2D eigenvalue weighted by Crippen LogP contribution is 2.54. The SMILES string of the molecule is Cc1ccc(F)cc1C1N(CCCCl)C(=O)CCC12C(=O)Nc1ccccc12. The summed E-state index contributed by atoms with van der Waals surface area (Å²) in [5, 5.41) is 2.99.